The van der Waals surface area contributed by atoms with Crippen LogP contribution in [0, 0.1) is 0 Å². The van der Waals surface area contributed by atoms with Gasteiger partial charge in [-0.1, -0.05) is 42.5 Å². The average molecular weight is 469 g/mol. The van der Waals surface area contributed by atoms with E-state index in [-0.39, 0.29) is 13.2 Å². The Labute approximate surface area is 198 Å². The molecule has 0 unspecified atom stereocenters. The van der Waals surface area contributed by atoms with E-state index < -0.39 is 48.4 Å². The van der Waals surface area contributed by atoms with Crippen molar-refractivity contribution in [2.24, 2.45) is 0 Å². The molecule has 5 atom stereocenters. The summed E-state index contributed by atoms with van der Waals surface area (Å²) in [5, 5.41) is 0. The molecule has 2 aromatic rings. The van der Waals surface area contributed by atoms with Crippen LogP contribution in [0.4, 0.5) is 0 Å². The maximum absolute atomic E-state index is 13.0. The van der Waals surface area contributed by atoms with Crippen molar-refractivity contribution < 1.29 is 38.0 Å². The topological polar surface area (TPSA) is 89.5 Å². The van der Waals surface area contributed by atoms with Gasteiger partial charge >= 0.3 is 11.9 Å². The summed E-state index contributed by atoms with van der Waals surface area (Å²) in [4.78, 5) is 26.0. The summed E-state index contributed by atoms with van der Waals surface area (Å²) < 4.78 is 35.4. The third kappa shape index (κ3) is 5.53. The van der Waals surface area contributed by atoms with Crippen LogP contribution < -0.4 is 0 Å². The fourth-order valence-electron chi connectivity index (χ4n) is 3.89. The second kappa shape index (κ2) is 10.5. The van der Waals surface area contributed by atoms with Crippen molar-refractivity contribution in [2.75, 3.05) is 13.2 Å². The van der Waals surface area contributed by atoms with Gasteiger partial charge in [0.25, 0.3) is 0 Å². The first kappa shape index (κ1) is 24.1. The Kier molecular flexibility index (Phi) is 7.43. The molecule has 2 aliphatic rings. The van der Waals surface area contributed by atoms with Crippen LogP contribution in [0.2, 0.25) is 0 Å². The minimum atomic E-state index is -1.10. The zero-order valence-electron chi connectivity index (χ0n) is 19.1. The van der Waals surface area contributed by atoms with E-state index in [0.717, 1.165) is 0 Å². The van der Waals surface area contributed by atoms with Crippen LogP contribution >= 0.6 is 0 Å². The van der Waals surface area contributed by atoms with Gasteiger partial charge in [-0.3, -0.25) is 0 Å². The second-order valence-corrected chi connectivity index (χ2v) is 8.43. The molecule has 2 aromatic carbocycles. The van der Waals surface area contributed by atoms with Crippen LogP contribution in [-0.4, -0.2) is 61.6 Å². The fourth-order valence-corrected chi connectivity index (χ4v) is 3.89. The van der Waals surface area contributed by atoms with Crippen molar-refractivity contribution >= 4 is 11.9 Å². The number of rotatable bonds is 7. The molecule has 8 heteroatoms. The van der Waals surface area contributed by atoms with Crippen molar-refractivity contribution in [3.05, 3.63) is 84.4 Å². The molecule has 34 heavy (non-hydrogen) atoms. The van der Waals surface area contributed by atoms with Crippen molar-refractivity contribution in [1.82, 2.24) is 0 Å². The number of hydrogen-bond donors (Lipinski definition) is 0. The largest absolute Gasteiger partial charge is 0.452 e. The van der Waals surface area contributed by atoms with Crippen molar-refractivity contribution in [1.29, 1.82) is 0 Å². The van der Waals surface area contributed by atoms with Crippen molar-refractivity contribution in [3.8, 4) is 0 Å². The lowest BCUT2D eigenvalue weighted by Gasteiger charge is -2.50. The maximum atomic E-state index is 13.0. The molecule has 2 aliphatic heterocycles. The number of fused-ring (bicyclic) bond motifs is 1. The molecular formula is C26H28O8. The van der Waals surface area contributed by atoms with E-state index >= 15 is 0 Å². The smallest absolute Gasteiger partial charge is 0.338 e. The lowest BCUT2D eigenvalue weighted by molar-refractivity contribution is -0.379. The number of esters is 2. The van der Waals surface area contributed by atoms with Gasteiger partial charge in [-0.25, -0.2) is 9.59 Å². The molecule has 0 aliphatic carbocycles. The van der Waals surface area contributed by atoms with Crippen LogP contribution in [0.25, 0.3) is 0 Å². The number of benzene rings is 2. The summed E-state index contributed by atoms with van der Waals surface area (Å²) in [6.07, 6.45) is -2.97. The van der Waals surface area contributed by atoms with E-state index in [2.05, 4.69) is 6.58 Å². The molecule has 8 nitrogen and oxygen atoms in total. The third-order valence-corrected chi connectivity index (χ3v) is 5.49. The molecule has 0 saturated carbocycles. The molecule has 0 N–H and O–H groups in total. The zero-order valence-corrected chi connectivity index (χ0v) is 19.1. The fraction of sp³-hybridized carbons (Fsp3) is 0.385. The van der Waals surface area contributed by atoms with Gasteiger partial charge in [0.2, 0.25) is 0 Å². The van der Waals surface area contributed by atoms with E-state index in [1.165, 1.54) is 0 Å². The second-order valence-electron chi connectivity index (χ2n) is 8.43. The summed E-state index contributed by atoms with van der Waals surface area (Å²) >= 11 is 0. The lowest BCUT2D eigenvalue weighted by atomic mass is 9.96. The van der Waals surface area contributed by atoms with Gasteiger partial charge in [0, 0.05) is 0 Å². The van der Waals surface area contributed by atoms with Crippen LogP contribution in [-0.2, 0) is 28.4 Å². The van der Waals surface area contributed by atoms with Gasteiger partial charge in [-0.2, -0.15) is 0 Å². The molecule has 4 rings (SSSR count). The van der Waals surface area contributed by atoms with E-state index in [9.17, 15) is 9.59 Å². The molecule has 0 aromatic heterocycles. The highest BCUT2D eigenvalue weighted by Gasteiger charge is 2.55. The predicted molar refractivity (Wildman–Crippen MR) is 121 cm³/mol. The van der Waals surface area contributed by atoms with Crippen LogP contribution in [0.1, 0.15) is 34.6 Å². The van der Waals surface area contributed by atoms with Crippen LogP contribution in [0.3, 0.4) is 0 Å². The highest BCUT2D eigenvalue weighted by atomic mass is 16.8. The Balaban J connectivity index is 1.67. The highest BCUT2D eigenvalue weighted by molar-refractivity contribution is 5.90. The minimum absolute atomic E-state index is 0.133. The first-order valence-corrected chi connectivity index (χ1v) is 11.1. The predicted octanol–water partition coefficient (Wildman–Crippen LogP) is 3.52. The third-order valence-electron chi connectivity index (χ3n) is 5.49. The van der Waals surface area contributed by atoms with Gasteiger partial charge in [-0.05, 0) is 38.1 Å². The van der Waals surface area contributed by atoms with Gasteiger partial charge in [0.05, 0.1) is 24.3 Å². The summed E-state index contributed by atoms with van der Waals surface area (Å²) in [6, 6.07) is 17.1. The Hall–Kier alpha value is -3.04. The van der Waals surface area contributed by atoms with Gasteiger partial charge in [0.1, 0.15) is 12.2 Å². The molecule has 2 fully saturated rings. The van der Waals surface area contributed by atoms with Gasteiger partial charge in [-0.15, -0.1) is 6.58 Å². The Morgan fingerprint density at radius 2 is 1.53 bits per heavy atom. The van der Waals surface area contributed by atoms with Crippen molar-refractivity contribution in [2.45, 2.75) is 50.3 Å². The molecule has 0 radical (unpaired) electrons. The molecule has 180 valence electrons. The maximum Gasteiger partial charge on any atom is 0.338 e. The number of ether oxygens (including phenoxy) is 6. The van der Waals surface area contributed by atoms with Gasteiger partial charge < -0.3 is 28.4 Å². The molecule has 2 heterocycles. The molecule has 0 bridgehead atoms. The van der Waals surface area contributed by atoms with E-state index in [1.54, 1.807) is 80.6 Å². The Morgan fingerprint density at radius 1 is 0.971 bits per heavy atom. The molecule has 2 saturated heterocycles. The van der Waals surface area contributed by atoms with Crippen molar-refractivity contribution in [3.63, 3.8) is 0 Å². The summed E-state index contributed by atoms with van der Waals surface area (Å²) in [5.41, 5.74) is 0.696. The number of hydrogen-bond acceptors (Lipinski definition) is 8. The first-order valence-electron chi connectivity index (χ1n) is 11.1. The van der Waals surface area contributed by atoms with Gasteiger partial charge in [0.15, 0.2) is 24.3 Å². The molecule has 0 amide bonds. The highest BCUT2D eigenvalue weighted by Crippen LogP contribution is 2.36. The molecule has 0 spiro atoms. The van der Waals surface area contributed by atoms with Crippen LogP contribution in [0.5, 0.6) is 0 Å². The monoisotopic (exact) mass is 468 g/mol. The van der Waals surface area contributed by atoms with E-state index in [0.29, 0.717) is 11.1 Å². The summed E-state index contributed by atoms with van der Waals surface area (Å²) in [6.45, 7) is 7.49. The SMILES string of the molecule is C=CCO[C@H]1O[C@@H]2COC(C)(C)O[C@H]2[C@H](OC(=O)c2ccccc2)[C@H]1OC(=O)c1ccccc1. The van der Waals surface area contributed by atoms with E-state index in [1.807, 2.05) is 0 Å². The standard InChI is InChI=1S/C26H28O8/c1-4-15-29-25-22(33-24(28)18-13-9-6-10-14-18)21(32-23(27)17-11-7-5-8-12-17)20-19(31-25)16-30-26(2,3)34-20/h4-14,19-22,25H,1,15-16H2,2-3H3/t19-,20-,21+,22-,25+/m1/s1. The summed E-state index contributed by atoms with van der Waals surface area (Å²) in [7, 11) is 0. The molecular weight excluding hydrogens is 440 g/mol. The Morgan fingerprint density at radius 3 is 2.09 bits per heavy atom. The number of carbonyl (C=O) groups is 2. The summed E-state index contributed by atoms with van der Waals surface area (Å²) in [5.74, 6) is -2.14. The first-order chi connectivity index (χ1) is 16.4. The van der Waals surface area contributed by atoms with Crippen LogP contribution in [0.15, 0.2) is 73.3 Å². The minimum Gasteiger partial charge on any atom is -0.452 e. The van der Waals surface area contributed by atoms with E-state index in [4.69, 9.17) is 28.4 Å². The quantitative estimate of drug-likeness (QED) is 0.451. The lowest BCUT2D eigenvalue weighted by Crippen LogP contribution is -2.66. The number of carbonyl (C=O) groups excluding carboxylic acids is 2. The average Bonchev–Trinajstić information content (AvgIpc) is 2.85. The Bertz CT molecular complexity index is 990. The normalized spacial score (nSPS) is 27.8. The zero-order chi connectivity index (χ0) is 24.1.